The molecular weight excluding hydrogens is 506 g/mol. The zero-order valence-electron chi connectivity index (χ0n) is 24.7. The number of hydrogen-bond acceptors (Lipinski definition) is 9. The second kappa shape index (κ2) is 12.7. The molecule has 4 fully saturated rings. The van der Waals surface area contributed by atoms with E-state index in [2.05, 4.69) is 51.6 Å². The number of nitrogens with zero attached hydrogens (tertiary/aromatic N) is 2. The monoisotopic (exact) mass is 557 g/mol. The molecule has 7 atom stereocenters. The lowest BCUT2D eigenvalue weighted by Gasteiger charge is -2.44. The molecule has 6 rings (SSSR count). The number of methoxy groups -OCH3 is 1. The first-order chi connectivity index (χ1) is 19.5. The minimum atomic E-state index is -0.485. The van der Waals surface area contributed by atoms with E-state index in [1.807, 2.05) is 7.11 Å². The SMILES string of the molecule is COCC(C1=CCCCC1)C1NC2NC(C3NOC(=O)N3)=NC(N[C@H](C)C3CCC3)C2N1C[C@H]1CC[C@H](C)CC1. The maximum absolute atomic E-state index is 11.9. The van der Waals surface area contributed by atoms with Gasteiger partial charge in [0.25, 0.3) is 0 Å². The Hall–Kier alpha value is -1.72. The van der Waals surface area contributed by atoms with Crippen LogP contribution in [0.2, 0.25) is 0 Å². The Morgan fingerprint density at radius 2 is 1.98 bits per heavy atom. The van der Waals surface area contributed by atoms with E-state index < -0.39 is 12.3 Å². The van der Waals surface area contributed by atoms with Crippen LogP contribution in [0.25, 0.3) is 0 Å². The van der Waals surface area contributed by atoms with Gasteiger partial charge in [0, 0.05) is 25.6 Å². The predicted octanol–water partition coefficient (Wildman–Crippen LogP) is 3.18. The fourth-order valence-corrected chi connectivity index (χ4v) is 7.89. The lowest BCUT2D eigenvalue weighted by atomic mass is 9.80. The number of aliphatic imine (C=N–C) groups is 1. The van der Waals surface area contributed by atoms with E-state index >= 15 is 0 Å². The summed E-state index contributed by atoms with van der Waals surface area (Å²) < 4.78 is 5.89. The average molecular weight is 558 g/mol. The molecule has 1 amide bonds. The number of ether oxygens (including phenoxy) is 1. The maximum atomic E-state index is 11.9. The van der Waals surface area contributed by atoms with Crippen molar-refractivity contribution in [3.05, 3.63) is 11.6 Å². The molecule has 0 aromatic heterocycles. The normalized spacial score (nSPS) is 38.3. The van der Waals surface area contributed by atoms with Crippen molar-refractivity contribution in [2.75, 3.05) is 20.3 Å². The quantitative estimate of drug-likeness (QED) is 0.261. The summed E-state index contributed by atoms with van der Waals surface area (Å²) in [7, 11) is 1.84. The number of nitrogens with one attached hydrogen (secondary N) is 5. The second-order valence-electron chi connectivity index (χ2n) is 13.3. The van der Waals surface area contributed by atoms with Crippen LogP contribution in [0.3, 0.4) is 0 Å². The van der Waals surface area contributed by atoms with Crippen LogP contribution in [-0.2, 0) is 9.57 Å². The minimum absolute atomic E-state index is 0.00560. The number of carbonyl (C=O) groups is 1. The van der Waals surface area contributed by atoms with Gasteiger partial charge < -0.3 is 14.9 Å². The van der Waals surface area contributed by atoms with E-state index in [0.29, 0.717) is 36.2 Å². The topological polar surface area (TPSA) is 111 Å². The van der Waals surface area contributed by atoms with Gasteiger partial charge in [-0.05, 0) is 76.0 Å². The Kier molecular flexibility index (Phi) is 8.98. The van der Waals surface area contributed by atoms with Crippen LogP contribution < -0.4 is 26.7 Å². The predicted molar refractivity (Wildman–Crippen MR) is 155 cm³/mol. The van der Waals surface area contributed by atoms with Gasteiger partial charge in [0.15, 0.2) is 6.17 Å². The van der Waals surface area contributed by atoms with E-state index in [9.17, 15) is 4.79 Å². The Morgan fingerprint density at radius 3 is 2.62 bits per heavy atom. The van der Waals surface area contributed by atoms with Crippen molar-refractivity contribution in [2.24, 2.45) is 28.7 Å². The van der Waals surface area contributed by atoms with Gasteiger partial charge >= 0.3 is 6.09 Å². The molecule has 3 heterocycles. The van der Waals surface area contributed by atoms with E-state index in [0.717, 1.165) is 25.3 Å². The third-order valence-electron chi connectivity index (χ3n) is 10.6. The first-order valence-electron chi connectivity index (χ1n) is 16.0. The number of rotatable bonds is 10. The first-order valence-corrected chi connectivity index (χ1v) is 16.0. The summed E-state index contributed by atoms with van der Waals surface area (Å²) in [6, 6.07) is 0.536. The minimum Gasteiger partial charge on any atom is -0.384 e. The molecule has 6 aliphatic rings. The fraction of sp³-hybridized carbons (Fsp3) is 0.867. The molecule has 10 heteroatoms. The zero-order chi connectivity index (χ0) is 27.6. The molecule has 0 aromatic rings. The third kappa shape index (κ3) is 6.07. The van der Waals surface area contributed by atoms with Gasteiger partial charge in [0.2, 0.25) is 0 Å². The maximum Gasteiger partial charge on any atom is 0.427 e. The molecule has 5 N–H and O–H groups in total. The van der Waals surface area contributed by atoms with E-state index in [4.69, 9.17) is 14.6 Å². The first kappa shape index (κ1) is 28.4. The summed E-state index contributed by atoms with van der Waals surface area (Å²) in [6.07, 6.45) is 15.6. The molecule has 2 saturated heterocycles. The molecule has 0 radical (unpaired) electrons. The van der Waals surface area contributed by atoms with Crippen LogP contribution in [0.1, 0.15) is 84.5 Å². The van der Waals surface area contributed by atoms with Crippen molar-refractivity contribution < 1.29 is 14.4 Å². The molecule has 224 valence electrons. The van der Waals surface area contributed by atoms with Gasteiger partial charge in [-0.3, -0.25) is 20.9 Å². The standard InChI is InChI=1S/C30H51N7O3/c1-18-12-14-20(15-13-18)16-37-24-25(31-19(2)21-10-7-11-21)32-27(28-35-30(38)40-36-28)33-26(24)34-29(37)23(17-39-3)22-8-5-4-6-9-22/h8,18-21,23-26,28-29,31,34,36H,4-7,9-17H2,1-3H3,(H,32,33)(H,35,38)/t18-,19-,20-,23?,24?,25?,26?,28?,29?/m1/s1. The Bertz CT molecular complexity index is 948. The summed E-state index contributed by atoms with van der Waals surface area (Å²) in [4.78, 5) is 24.9. The summed E-state index contributed by atoms with van der Waals surface area (Å²) >= 11 is 0. The smallest absolute Gasteiger partial charge is 0.384 e. The molecule has 6 unspecified atom stereocenters. The van der Waals surface area contributed by atoms with Crippen molar-refractivity contribution in [1.82, 2.24) is 31.6 Å². The molecule has 0 bridgehead atoms. The summed E-state index contributed by atoms with van der Waals surface area (Å²) in [5.74, 6) is 3.24. The Labute approximate surface area is 239 Å². The van der Waals surface area contributed by atoms with Crippen molar-refractivity contribution in [3.63, 3.8) is 0 Å². The highest BCUT2D eigenvalue weighted by atomic mass is 16.7. The number of hydroxylamine groups is 1. The summed E-state index contributed by atoms with van der Waals surface area (Å²) in [5, 5.41) is 14.5. The van der Waals surface area contributed by atoms with Gasteiger partial charge in [0.05, 0.1) is 25.0 Å². The van der Waals surface area contributed by atoms with Crippen molar-refractivity contribution in [1.29, 1.82) is 0 Å². The van der Waals surface area contributed by atoms with E-state index in [-0.39, 0.29) is 24.5 Å². The number of hydrogen-bond donors (Lipinski definition) is 5. The van der Waals surface area contributed by atoms with Crippen LogP contribution in [0, 0.1) is 23.7 Å². The second-order valence-corrected chi connectivity index (χ2v) is 13.3. The number of amides is 1. The Balaban J connectivity index is 1.31. The third-order valence-corrected chi connectivity index (χ3v) is 10.6. The number of amidine groups is 1. The van der Waals surface area contributed by atoms with Gasteiger partial charge in [-0.2, -0.15) is 0 Å². The van der Waals surface area contributed by atoms with Crippen molar-refractivity contribution >= 4 is 11.9 Å². The van der Waals surface area contributed by atoms with Gasteiger partial charge in [-0.15, -0.1) is 5.48 Å². The Morgan fingerprint density at radius 1 is 1.15 bits per heavy atom. The van der Waals surface area contributed by atoms with Crippen LogP contribution >= 0.6 is 0 Å². The average Bonchev–Trinajstić information content (AvgIpc) is 3.51. The molecule has 2 saturated carbocycles. The molecule has 10 nitrogen and oxygen atoms in total. The molecule has 40 heavy (non-hydrogen) atoms. The van der Waals surface area contributed by atoms with Crippen LogP contribution in [-0.4, -0.2) is 73.8 Å². The number of fused-ring (bicyclic) bond motifs is 1. The fourth-order valence-electron chi connectivity index (χ4n) is 7.89. The highest BCUT2D eigenvalue weighted by molar-refractivity contribution is 5.92. The molecule has 3 aliphatic carbocycles. The van der Waals surface area contributed by atoms with Crippen LogP contribution in [0.4, 0.5) is 4.79 Å². The zero-order valence-corrected chi connectivity index (χ0v) is 24.7. The van der Waals surface area contributed by atoms with Crippen LogP contribution in [0.5, 0.6) is 0 Å². The largest absolute Gasteiger partial charge is 0.427 e. The van der Waals surface area contributed by atoms with E-state index in [1.54, 1.807) is 0 Å². The molecule has 0 spiro atoms. The molecule has 3 aliphatic heterocycles. The number of carbonyl (C=O) groups excluding carboxylic acids is 1. The van der Waals surface area contributed by atoms with Crippen molar-refractivity contribution in [3.8, 4) is 0 Å². The van der Waals surface area contributed by atoms with Crippen LogP contribution in [0.15, 0.2) is 16.6 Å². The van der Waals surface area contributed by atoms with Gasteiger partial charge in [-0.25, -0.2) is 9.79 Å². The molecular formula is C30H51N7O3. The van der Waals surface area contributed by atoms with Gasteiger partial charge in [0.1, 0.15) is 12.0 Å². The van der Waals surface area contributed by atoms with E-state index in [1.165, 1.54) is 63.4 Å². The highest BCUT2D eigenvalue weighted by Gasteiger charge is 2.52. The van der Waals surface area contributed by atoms with Crippen molar-refractivity contribution in [2.45, 2.75) is 121 Å². The summed E-state index contributed by atoms with van der Waals surface area (Å²) in [5.41, 5.74) is 4.35. The lowest BCUT2D eigenvalue weighted by molar-refractivity contribution is 0.0539. The van der Waals surface area contributed by atoms with Gasteiger partial charge in [-0.1, -0.05) is 37.8 Å². The lowest BCUT2D eigenvalue weighted by Crippen LogP contribution is -2.66. The molecule has 0 aromatic carbocycles. The summed E-state index contributed by atoms with van der Waals surface area (Å²) in [6.45, 7) is 6.50. The highest BCUT2D eigenvalue weighted by Crippen LogP contribution is 2.38. The number of allylic oxidation sites excluding steroid dienone is 1.